The predicted octanol–water partition coefficient (Wildman–Crippen LogP) is 3.04. The van der Waals surface area contributed by atoms with E-state index in [-0.39, 0.29) is 17.8 Å². The molecule has 28 heavy (non-hydrogen) atoms. The number of hydrogen-bond acceptors (Lipinski definition) is 4. The standard InChI is InChI=1S/C22H25FN2O3/c1-27-20-9-5-18(6-10-20)21(25-12-14-28-15-13-25)16-24-22(26)11-4-17-2-7-19(23)8-3-17/h2-11,21H,12-16H2,1H3,(H,24,26)/b11-4+. The van der Waals surface area contributed by atoms with Crippen molar-refractivity contribution in [1.82, 2.24) is 10.2 Å². The van der Waals surface area contributed by atoms with E-state index in [0.29, 0.717) is 19.8 Å². The highest BCUT2D eigenvalue weighted by Crippen LogP contribution is 2.23. The molecule has 1 unspecified atom stereocenters. The van der Waals surface area contributed by atoms with Crippen LogP contribution in [0, 0.1) is 5.82 Å². The van der Waals surface area contributed by atoms with E-state index < -0.39 is 0 Å². The second-order valence-corrected chi connectivity index (χ2v) is 6.57. The minimum absolute atomic E-state index is 0.0537. The molecule has 0 radical (unpaired) electrons. The van der Waals surface area contributed by atoms with E-state index in [1.165, 1.54) is 18.2 Å². The fourth-order valence-electron chi connectivity index (χ4n) is 3.17. The van der Waals surface area contributed by atoms with Crippen molar-refractivity contribution in [3.05, 3.63) is 71.6 Å². The molecule has 2 aromatic carbocycles. The average molecular weight is 384 g/mol. The lowest BCUT2D eigenvalue weighted by molar-refractivity contribution is -0.116. The van der Waals surface area contributed by atoms with Gasteiger partial charge in [-0.15, -0.1) is 0 Å². The van der Waals surface area contributed by atoms with Crippen LogP contribution in [0.5, 0.6) is 5.75 Å². The number of rotatable bonds is 7. The molecule has 1 aliphatic heterocycles. The van der Waals surface area contributed by atoms with E-state index >= 15 is 0 Å². The summed E-state index contributed by atoms with van der Waals surface area (Å²) in [5.41, 5.74) is 1.89. The Morgan fingerprint density at radius 1 is 1.18 bits per heavy atom. The van der Waals surface area contributed by atoms with Crippen molar-refractivity contribution in [2.24, 2.45) is 0 Å². The highest BCUT2D eigenvalue weighted by Gasteiger charge is 2.23. The maximum atomic E-state index is 13.0. The number of nitrogens with one attached hydrogen (secondary N) is 1. The van der Waals surface area contributed by atoms with Gasteiger partial charge in [0.05, 0.1) is 26.4 Å². The van der Waals surface area contributed by atoms with Gasteiger partial charge in [0.15, 0.2) is 0 Å². The van der Waals surface area contributed by atoms with Crippen molar-refractivity contribution < 1.29 is 18.7 Å². The SMILES string of the molecule is COc1ccc(C(CNC(=O)/C=C/c2ccc(F)cc2)N2CCOCC2)cc1. The van der Waals surface area contributed by atoms with E-state index in [1.807, 2.05) is 24.3 Å². The molecule has 1 saturated heterocycles. The molecule has 6 heteroatoms. The van der Waals surface area contributed by atoms with Crippen LogP contribution in [-0.4, -0.2) is 50.8 Å². The summed E-state index contributed by atoms with van der Waals surface area (Å²) in [5.74, 6) is 0.321. The maximum Gasteiger partial charge on any atom is 0.244 e. The van der Waals surface area contributed by atoms with Crippen molar-refractivity contribution in [1.29, 1.82) is 0 Å². The first-order chi connectivity index (χ1) is 13.7. The van der Waals surface area contributed by atoms with E-state index in [4.69, 9.17) is 9.47 Å². The number of methoxy groups -OCH3 is 1. The van der Waals surface area contributed by atoms with Crippen LogP contribution in [0.25, 0.3) is 6.08 Å². The first kappa shape index (κ1) is 20.0. The molecule has 1 amide bonds. The summed E-state index contributed by atoms with van der Waals surface area (Å²) in [6, 6.07) is 14.0. The van der Waals surface area contributed by atoms with Gasteiger partial charge < -0.3 is 14.8 Å². The van der Waals surface area contributed by atoms with E-state index in [2.05, 4.69) is 10.2 Å². The van der Waals surface area contributed by atoms with Gasteiger partial charge in [-0.3, -0.25) is 9.69 Å². The molecule has 1 fully saturated rings. The molecule has 2 aromatic rings. The van der Waals surface area contributed by atoms with Crippen molar-refractivity contribution >= 4 is 12.0 Å². The molecule has 3 rings (SSSR count). The zero-order valence-corrected chi connectivity index (χ0v) is 15.9. The third-order valence-electron chi connectivity index (χ3n) is 4.75. The molecular formula is C22H25FN2O3. The summed E-state index contributed by atoms with van der Waals surface area (Å²) in [6.45, 7) is 3.49. The van der Waals surface area contributed by atoms with Crippen LogP contribution < -0.4 is 10.1 Å². The highest BCUT2D eigenvalue weighted by atomic mass is 19.1. The van der Waals surface area contributed by atoms with Crippen molar-refractivity contribution in [2.45, 2.75) is 6.04 Å². The van der Waals surface area contributed by atoms with Gasteiger partial charge in [0.1, 0.15) is 11.6 Å². The van der Waals surface area contributed by atoms with Gasteiger partial charge in [-0.1, -0.05) is 24.3 Å². The Morgan fingerprint density at radius 3 is 2.50 bits per heavy atom. The largest absolute Gasteiger partial charge is 0.497 e. The molecule has 0 bridgehead atoms. The van der Waals surface area contributed by atoms with Crippen molar-refractivity contribution in [3.8, 4) is 5.75 Å². The Labute approximate surface area is 164 Å². The number of carbonyl (C=O) groups excluding carboxylic acids is 1. The smallest absolute Gasteiger partial charge is 0.244 e. The van der Waals surface area contributed by atoms with Gasteiger partial charge in [-0.25, -0.2) is 4.39 Å². The molecule has 0 saturated carbocycles. The molecule has 0 aliphatic carbocycles. The lowest BCUT2D eigenvalue weighted by Gasteiger charge is -2.34. The van der Waals surface area contributed by atoms with Crippen LogP contribution in [-0.2, 0) is 9.53 Å². The number of halogens is 1. The Balaban J connectivity index is 1.64. The number of ether oxygens (including phenoxy) is 2. The van der Waals surface area contributed by atoms with Gasteiger partial charge in [0, 0.05) is 25.7 Å². The average Bonchev–Trinajstić information content (AvgIpc) is 2.74. The molecule has 148 valence electrons. The lowest BCUT2D eigenvalue weighted by Crippen LogP contribution is -2.43. The first-order valence-corrected chi connectivity index (χ1v) is 9.33. The number of hydrogen-bond donors (Lipinski definition) is 1. The van der Waals surface area contributed by atoms with Crippen LogP contribution in [0.3, 0.4) is 0 Å². The zero-order chi connectivity index (χ0) is 19.8. The monoisotopic (exact) mass is 384 g/mol. The van der Waals surface area contributed by atoms with Crippen LogP contribution in [0.2, 0.25) is 0 Å². The van der Waals surface area contributed by atoms with E-state index in [9.17, 15) is 9.18 Å². The third-order valence-corrected chi connectivity index (χ3v) is 4.75. The fourth-order valence-corrected chi connectivity index (χ4v) is 3.17. The molecular weight excluding hydrogens is 359 g/mol. The molecule has 1 N–H and O–H groups in total. The predicted molar refractivity (Wildman–Crippen MR) is 107 cm³/mol. The zero-order valence-electron chi connectivity index (χ0n) is 15.9. The lowest BCUT2D eigenvalue weighted by atomic mass is 10.0. The molecule has 1 atom stereocenters. The number of morpholine rings is 1. The summed E-state index contributed by atoms with van der Waals surface area (Å²) < 4.78 is 23.7. The number of carbonyl (C=O) groups is 1. The normalized spacial score (nSPS) is 16.1. The topological polar surface area (TPSA) is 50.8 Å². The summed E-state index contributed by atoms with van der Waals surface area (Å²) in [4.78, 5) is 14.6. The van der Waals surface area contributed by atoms with Crippen LogP contribution in [0.4, 0.5) is 4.39 Å². The molecule has 5 nitrogen and oxygen atoms in total. The quantitative estimate of drug-likeness (QED) is 0.746. The second-order valence-electron chi connectivity index (χ2n) is 6.57. The number of benzene rings is 2. The molecule has 0 aromatic heterocycles. The maximum absolute atomic E-state index is 13.0. The summed E-state index contributed by atoms with van der Waals surface area (Å²) >= 11 is 0. The van der Waals surface area contributed by atoms with Crippen molar-refractivity contribution in [3.63, 3.8) is 0 Å². The fraction of sp³-hybridized carbons (Fsp3) is 0.318. The minimum atomic E-state index is -0.297. The Kier molecular flexibility index (Phi) is 7.17. The van der Waals surface area contributed by atoms with Crippen LogP contribution in [0.1, 0.15) is 17.2 Å². The first-order valence-electron chi connectivity index (χ1n) is 9.33. The Morgan fingerprint density at radius 2 is 1.86 bits per heavy atom. The minimum Gasteiger partial charge on any atom is -0.497 e. The number of nitrogens with zero attached hydrogens (tertiary/aromatic N) is 1. The van der Waals surface area contributed by atoms with Crippen molar-refractivity contribution in [2.75, 3.05) is 40.0 Å². The summed E-state index contributed by atoms with van der Waals surface area (Å²) in [6.07, 6.45) is 3.14. The van der Waals surface area contributed by atoms with Crippen LogP contribution in [0.15, 0.2) is 54.6 Å². The summed E-state index contributed by atoms with van der Waals surface area (Å²) in [7, 11) is 1.64. The van der Waals surface area contributed by atoms with E-state index in [1.54, 1.807) is 25.3 Å². The highest BCUT2D eigenvalue weighted by molar-refractivity contribution is 5.91. The van der Waals surface area contributed by atoms with Crippen LogP contribution >= 0.6 is 0 Å². The molecule has 1 heterocycles. The number of amides is 1. The summed E-state index contributed by atoms with van der Waals surface area (Å²) in [5, 5.41) is 2.98. The third kappa shape index (κ3) is 5.65. The Hall–Kier alpha value is -2.70. The van der Waals surface area contributed by atoms with Gasteiger partial charge in [0.2, 0.25) is 5.91 Å². The van der Waals surface area contributed by atoms with Gasteiger partial charge in [-0.05, 0) is 41.5 Å². The van der Waals surface area contributed by atoms with E-state index in [0.717, 1.165) is 30.0 Å². The van der Waals surface area contributed by atoms with Gasteiger partial charge in [0.25, 0.3) is 0 Å². The molecule has 1 aliphatic rings. The molecule has 0 spiro atoms. The van der Waals surface area contributed by atoms with Gasteiger partial charge >= 0.3 is 0 Å². The Bertz CT molecular complexity index is 784. The van der Waals surface area contributed by atoms with Gasteiger partial charge in [-0.2, -0.15) is 0 Å². The second kappa shape index (κ2) is 10.0.